The molecule has 31 heavy (non-hydrogen) atoms. The van der Waals surface area contributed by atoms with Crippen LogP contribution in [0.15, 0.2) is 30.3 Å². The third-order valence-corrected chi connectivity index (χ3v) is 7.89. The highest BCUT2D eigenvalue weighted by Crippen LogP contribution is 2.54. The Balaban J connectivity index is 1.42. The lowest BCUT2D eigenvalue weighted by molar-refractivity contribution is -0.175. The number of ether oxygens (including phenoxy) is 1. The van der Waals surface area contributed by atoms with E-state index < -0.39 is 52.1 Å². The van der Waals surface area contributed by atoms with Crippen molar-refractivity contribution in [3.8, 4) is 0 Å². The largest absolute Gasteiger partial charge is 0.459 e. The SMILES string of the molecule is CC1(C)S[C@@H]2[C@H]([C@H](O)C(=O)N3CCC(O)CC3)C(=O)N2[C@H]1C(=O)OCc1ccccc1. The fraction of sp³-hybridized carbons (Fsp3) is 0.591. The minimum Gasteiger partial charge on any atom is -0.459 e. The molecule has 168 valence electrons. The number of fused-ring (bicyclic) bond motifs is 1. The molecule has 0 radical (unpaired) electrons. The maximum Gasteiger partial charge on any atom is 0.330 e. The number of likely N-dealkylation sites (tertiary alicyclic amines) is 1. The first-order chi connectivity index (χ1) is 14.7. The molecule has 3 fully saturated rings. The minimum atomic E-state index is -1.45. The molecule has 1 aromatic rings. The molecule has 2 amide bonds. The Hall–Kier alpha value is -2.10. The van der Waals surface area contributed by atoms with Crippen molar-refractivity contribution >= 4 is 29.5 Å². The molecule has 0 aliphatic carbocycles. The van der Waals surface area contributed by atoms with Crippen molar-refractivity contribution in [2.24, 2.45) is 5.92 Å². The van der Waals surface area contributed by atoms with Crippen LogP contribution < -0.4 is 0 Å². The fourth-order valence-electron chi connectivity index (χ4n) is 4.55. The molecule has 9 heteroatoms. The second kappa shape index (κ2) is 8.44. The molecule has 0 aromatic heterocycles. The average molecular weight is 449 g/mol. The Labute approximate surface area is 185 Å². The van der Waals surface area contributed by atoms with Gasteiger partial charge in [0.15, 0.2) is 0 Å². The highest BCUT2D eigenvalue weighted by molar-refractivity contribution is 8.01. The van der Waals surface area contributed by atoms with Crippen molar-refractivity contribution in [1.29, 1.82) is 0 Å². The zero-order valence-electron chi connectivity index (χ0n) is 17.6. The Morgan fingerprint density at radius 2 is 1.87 bits per heavy atom. The van der Waals surface area contributed by atoms with E-state index in [4.69, 9.17) is 4.74 Å². The van der Waals surface area contributed by atoms with E-state index in [0.717, 1.165) is 5.56 Å². The Morgan fingerprint density at radius 1 is 1.23 bits per heavy atom. The quantitative estimate of drug-likeness (QED) is 0.506. The van der Waals surface area contributed by atoms with Crippen molar-refractivity contribution in [3.63, 3.8) is 0 Å². The van der Waals surface area contributed by atoms with Crippen LogP contribution in [-0.4, -0.2) is 79.3 Å². The maximum atomic E-state index is 12.9. The average Bonchev–Trinajstić information content (AvgIpc) is 3.00. The van der Waals surface area contributed by atoms with Gasteiger partial charge >= 0.3 is 5.97 Å². The van der Waals surface area contributed by atoms with Gasteiger partial charge in [0.25, 0.3) is 5.91 Å². The lowest BCUT2D eigenvalue weighted by Gasteiger charge is -2.46. The van der Waals surface area contributed by atoms with Gasteiger partial charge in [-0.05, 0) is 32.3 Å². The smallest absolute Gasteiger partial charge is 0.330 e. The van der Waals surface area contributed by atoms with Gasteiger partial charge in [0.05, 0.1) is 11.5 Å². The third-order valence-electron chi connectivity index (χ3n) is 6.30. The van der Waals surface area contributed by atoms with Gasteiger partial charge in [-0.3, -0.25) is 9.59 Å². The number of esters is 1. The number of benzene rings is 1. The molecular formula is C22H28N2O6S. The maximum absolute atomic E-state index is 12.9. The standard InChI is InChI=1S/C22H28N2O6S/c1-22(2)17(21(29)30-12-13-6-4-3-5-7-13)24-18(27)15(20(24)31-22)16(26)19(28)23-10-8-14(25)9-11-23/h3-7,14-17,20,25-26H,8-12H2,1-2H3/t15-,16+,17+,20-/m1/s1. The summed E-state index contributed by atoms with van der Waals surface area (Å²) in [5.74, 6) is -2.25. The number of thioether (sulfide) groups is 1. The van der Waals surface area contributed by atoms with Crippen molar-refractivity contribution in [1.82, 2.24) is 9.80 Å². The molecule has 3 aliphatic heterocycles. The van der Waals surface area contributed by atoms with E-state index in [1.807, 2.05) is 44.2 Å². The molecule has 4 atom stereocenters. The van der Waals surface area contributed by atoms with Crippen LogP contribution in [0.5, 0.6) is 0 Å². The fourth-order valence-corrected chi connectivity index (χ4v) is 6.26. The molecule has 8 nitrogen and oxygen atoms in total. The monoisotopic (exact) mass is 448 g/mol. The van der Waals surface area contributed by atoms with E-state index in [0.29, 0.717) is 25.9 Å². The van der Waals surface area contributed by atoms with Crippen LogP contribution in [0.2, 0.25) is 0 Å². The van der Waals surface area contributed by atoms with Gasteiger partial charge in [0, 0.05) is 17.8 Å². The van der Waals surface area contributed by atoms with Crippen LogP contribution in [0.3, 0.4) is 0 Å². The summed E-state index contributed by atoms with van der Waals surface area (Å²) in [5.41, 5.74) is 0.858. The van der Waals surface area contributed by atoms with Gasteiger partial charge in [0.1, 0.15) is 24.7 Å². The van der Waals surface area contributed by atoms with E-state index in [1.54, 1.807) is 0 Å². The van der Waals surface area contributed by atoms with E-state index >= 15 is 0 Å². The van der Waals surface area contributed by atoms with Crippen molar-refractivity contribution in [3.05, 3.63) is 35.9 Å². The molecule has 4 rings (SSSR count). The number of hydrogen-bond donors (Lipinski definition) is 2. The van der Waals surface area contributed by atoms with Crippen molar-refractivity contribution < 1.29 is 29.3 Å². The van der Waals surface area contributed by atoms with Gasteiger partial charge in [-0.2, -0.15) is 0 Å². The first-order valence-electron chi connectivity index (χ1n) is 10.6. The molecule has 1 aromatic carbocycles. The lowest BCUT2D eigenvalue weighted by atomic mass is 9.87. The molecule has 3 saturated heterocycles. The molecule has 0 spiro atoms. The van der Waals surface area contributed by atoms with Gasteiger partial charge in [-0.25, -0.2) is 4.79 Å². The van der Waals surface area contributed by atoms with Gasteiger partial charge in [0.2, 0.25) is 5.91 Å². The topological polar surface area (TPSA) is 107 Å². The van der Waals surface area contributed by atoms with E-state index in [2.05, 4.69) is 0 Å². The number of carbonyl (C=O) groups excluding carboxylic acids is 3. The summed E-state index contributed by atoms with van der Waals surface area (Å²) >= 11 is 1.41. The first kappa shape index (κ1) is 22.1. The number of aliphatic hydroxyl groups excluding tert-OH is 2. The van der Waals surface area contributed by atoms with E-state index in [-0.39, 0.29) is 6.61 Å². The number of hydrogen-bond acceptors (Lipinski definition) is 7. The Morgan fingerprint density at radius 3 is 2.52 bits per heavy atom. The zero-order valence-corrected chi connectivity index (χ0v) is 18.5. The Kier molecular flexibility index (Phi) is 6.02. The molecule has 2 N–H and O–H groups in total. The number of nitrogens with zero attached hydrogens (tertiary/aromatic N) is 2. The van der Waals surface area contributed by atoms with Crippen LogP contribution in [0, 0.1) is 5.92 Å². The molecule has 0 unspecified atom stereocenters. The summed E-state index contributed by atoms with van der Waals surface area (Å²) in [6, 6.07) is 8.54. The predicted molar refractivity (Wildman–Crippen MR) is 114 cm³/mol. The number of amides is 2. The number of β-lactam (4-membered cyclic amide) rings is 1. The number of piperidine rings is 1. The molecule has 3 aliphatic rings. The number of carbonyl (C=O) groups is 3. The summed E-state index contributed by atoms with van der Waals surface area (Å²) in [4.78, 5) is 41.5. The van der Waals surface area contributed by atoms with Crippen LogP contribution in [0.4, 0.5) is 0 Å². The zero-order chi connectivity index (χ0) is 22.3. The van der Waals surface area contributed by atoms with Crippen molar-refractivity contribution in [2.75, 3.05) is 13.1 Å². The first-order valence-corrected chi connectivity index (χ1v) is 11.4. The predicted octanol–water partition coefficient (Wildman–Crippen LogP) is 0.753. The number of aliphatic hydroxyl groups is 2. The van der Waals surface area contributed by atoms with Crippen LogP contribution in [-0.2, 0) is 25.7 Å². The van der Waals surface area contributed by atoms with E-state index in [1.165, 1.54) is 21.6 Å². The van der Waals surface area contributed by atoms with Crippen LogP contribution in [0.1, 0.15) is 32.3 Å². The van der Waals surface area contributed by atoms with Crippen LogP contribution >= 0.6 is 11.8 Å². The molecule has 3 heterocycles. The molecule has 0 saturated carbocycles. The third kappa shape index (κ3) is 4.06. The van der Waals surface area contributed by atoms with Gasteiger partial charge < -0.3 is 24.7 Å². The van der Waals surface area contributed by atoms with Crippen LogP contribution in [0.25, 0.3) is 0 Å². The minimum absolute atomic E-state index is 0.120. The summed E-state index contributed by atoms with van der Waals surface area (Å²) in [6.45, 7) is 4.58. The summed E-state index contributed by atoms with van der Waals surface area (Å²) in [6.07, 6.45) is -0.963. The summed E-state index contributed by atoms with van der Waals surface area (Å²) < 4.78 is 4.88. The molecule has 0 bridgehead atoms. The highest BCUT2D eigenvalue weighted by Gasteiger charge is 2.66. The highest BCUT2D eigenvalue weighted by atomic mass is 32.2. The Bertz CT molecular complexity index is 855. The normalized spacial score (nSPS) is 28.6. The summed E-state index contributed by atoms with van der Waals surface area (Å²) in [7, 11) is 0. The summed E-state index contributed by atoms with van der Waals surface area (Å²) in [5, 5.41) is 19.9. The van der Waals surface area contributed by atoms with Gasteiger partial charge in [-0.15, -0.1) is 11.8 Å². The number of rotatable bonds is 5. The van der Waals surface area contributed by atoms with Crippen molar-refractivity contribution in [2.45, 2.75) is 61.7 Å². The van der Waals surface area contributed by atoms with E-state index in [9.17, 15) is 24.6 Å². The second-order valence-corrected chi connectivity index (χ2v) is 10.7. The lowest BCUT2D eigenvalue weighted by Crippen LogP contribution is -2.67. The molecular weight excluding hydrogens is 420 g/mol. The van der Waals surface area contributed by atoms with Gasteiger partial charge in [-0.1, -0.05) is 30.3 Å². The second-order valence-electron chi connectivity index (χ2n) is 8.88.